The number of carboxylic acids is 1. The maximum atomic E-state index is 10.9. The molecule has 5 heteroatoms. The summed E-state index contributed by atoms with van der Waals surface area (Å²) in [6, 6.07) is 5.60. The maximum absolute atomic E-state index is 10.9. The Bertz CT molecular complexity index is 462. The molecule has 0 heterocycles. The quantitative estimate of drug-likeness (QED) is 0.633. The number of unbranched alkanes of at least 4 members (excludes halogenated alkanes) is 3. The molecule has 1 rings (SSSR count). The molecule has 0 aromatic heterocycles. The average Bonchev–Trinajstić information content (AvgIpc) is 2.53. The number of ether oxygens (including phenoxy) is 2. The van der Waals surface area contributed by atoms with Crippen LogP contribution in [0.4, 0.5) is 5.69 Å². The second kappa shape index (κ2) is 9.92. The Labute approximate surface area is 132 Å². The van der Waals surface area contributed by atoms with Crippen molar-refractivity contribution in [3.8, 4) is 11.5 Å². The number of aliphatic carboxylic acids is 1. The molecule has 0 unspecified atom stereocenters. The van der Waals surface area contributed by atoms with Gasteiger partial charge in [-0.25, -0.2) is 0 Å². The van der Waals surface area contributed by atoms with Crippen molar-refractivity contribution in [1.82, 2.24) is 0 Å². The lowest BCUT2D eigenvalue weighted by molar-refractivity contribution is -0.136. The van der Waals surface area contributed by atoms with Crippen LogP contribution in [0.15, 0.2) is 18.2 Å². The molecule has 0 fully saturated rings. The van der Waals surface area contributed by atoms with E-state index in [1.54, 1.807) is 14.2 Å². The van der Waals surface area contributed by atoms with Crippen LogP contribution in [-0.4, -0.2) is 38.4 Å². The summed E-state index contributed by atoms with van der Waals surface area (Å²) in [4.78, 5) is 13.0. The molecule has 22 heavy (non-hydrogen) atoms. The third kappa shape index (κ3) is 5.84. The van der Waals surface area contributed by atoms with Crippen LogP contribution >= 0.6 is 0 Å². The van der Waals surface area contributed by atoms with Gasteiger partial charge in [0.25, 0.3) is 0 Å². The summed E-state index contributed by atoms with van der Waals surface area (Å²) >= 11 is 0. The van der Waals surface area contributed by atoms with E-state index in [0.29, 0.717) is 6.54 Å². The Hall–Kier alpha value is -1.91. The lowest BCUT2D eigenvalue weighted by atomic mass is 10.1. The van der Waals surface area contributed by atoms with Crippen LogP contribution in [0.5, 0.6) is 11.5 Å². The largest absolute Gasteiger partial charge is 0.497 e. The van der Waals surface area contributed by atoms with Gasteiger partial charge in [0.05, 0.1) is 26.3 Å². The zero-order valence-electron chi connectivity index (χ0n) is 13.8. The van der Waals surface area contributed by atoms with Crippen LogP contribution in [0.2, 0.25) is 0 Å². The summed E-state index contributed by atoms with van der Waals surface area (Å²) in [5.41, 5.74) is 0.889. The number of benzene rings is 1. The average molecular weight is 309 g/mol. The Kier molecular flexibility index (Phi) is 8.18. The van der Waals surface area contributed by atoms with Gasteiger partial charge in [-0.3, -0.25) is 4.79 Å². The molecular formula is C17H27NO4. The number of nitrogens with zero attached hydrogens (tertiary/aromatic N) is 1. The second-order valence-corrected chi connectivity index (χ2v) is 5.23. The molecule has 0 spiro atoms. The number of hydrogen-bond donors (Lipinski definition) is 1. The first-order chi connectivity index (χ1) is 10.6. The van der Waals surface area contributed by atoms with Crippen molar-refractivity contribution in [2.45, 2.75) is 39.0 Å². The highest BCUT2D eigenvalue weighted by molar-refractivity contribution is 5.68. The maximum Gasteiger partial charge on any atom is 0.305 e. The summed E-state index contributed by atoms with van der Waals surface area (Å²) in [5, 5.41) is 8.96. The number of hydrogen-bond acceptors (Lipinski definition) is 4. The molecule has 0 saturated heterocycles. The first-order valence-electron chi connectivity index (χ1n) is 7.81. The van der Waals surface area contributed by atoms with Crippen LogP contribution in [0.1, 0.15) is 39.0 Å². The monoisotopic (exact) mass is 309 g/mol. The fraction of sp³-hybridized carbons (Fsp3) is 0.588. The summed E-state index contributed by atoms with van der Waals surface area (Å²) in [6.07, 6.45) is 4.66. The zero-order chi connectivity index (χ0) is 16.4. The SMILES string of the molecule is CCCCCCN(CCC(=O)O)c1cc(OC)ccc1OC. The normalized spacial score (nSPS) is 10.3. The summed E-state index contributed by atoms with van der Waals surface area (Å²) in [5.74, 6) is 0.687. The molecule has 0 saturated carbocycles. The van der Waals surface area contributed by atoms with E-state index in [1.165, 1.54) is 12.8 Å². The Morgan fingerprint density at radius 2 is 1.91 bits per heavy atom. The van der Waals surface area contributed by atoms with E-state index in [2.05, 4.69) is 11.8 Å². The third-order valence-corrected chi connectivity index (χ3v) is 3.60. The van der Waals surface area contributed by atoms with E-state index >= 15 is 0 Å². The van der Waals surface area contributed by atoms with Crippen LogP contribution < -0.4 is 14.4 Å². The minimum absolute atomic E-state index is 0.105. The number of anilines is 1. The van der Waals surface area contributed by atoms with E-state index in [-0.39, 0.29) is 6.42 Å². The van der Waals surface area contributed by atoms with Gasteiger partial charge >= 0.3 is 5.97 Å². The first-order valence-corrected chi connectivity index (χ1v) is 7.81. The molecule has 5 nitrogen and oxygen atoms in total. The number of carbonyl (C=O) groups is 1. The smallest absolute Gasteiger partial charge is 0.305 e. The summed E-state index contributed by atoms with van der Waals surface area (Å²) in [7, 11) is 3.24. The van der Waals surface area contributed by atoms with Crippen molar-refractivity contribution in [2.75, 3.05) is 32.2 Å². The molecule has 0 bridgehead atoms. The molecule has 0 amide bonds. The highest BCUT2D eigenvalue weighted by Crippen LogP contribution is 2.32. The standard InChI is InChI=1S/C17H27NO4/c1-4-5-6-7-11-18(12-10-17(19)20)15-13-14(21-2)8-9-16(15)22-3/h8-9,13H,4-7,10-12H2,1-3H3,(H,19,20). The van der Waals surface area contributed by atoms with E-state index in [9.17, 15) is 4.79 Å². The van der Waals surface area contributed by atoms with Crippen LogP contribution in [0.3, 0.4) is 0 Å². The number of carboxylic acid groups (broad SMARTS) is 1. The van der Waals surface area contributed by atoms with Gasteiger partial charge in [0.15, 0.2) is 0 Å². The van der Waals surface area contributed by atoms with E-state index in [1.807, 2.05) is 18.2 Å². The number of rotatable bonds is 11. The minimum atomic E-state index is -0.791. The Morgan fingerprint density at radius 3 is 2.50 bits per heavy atom. The van der Waals surface area contributed by atoms with Crippen molar-refractivity contribution < 1.29 is 19.4 Å². The molecular weight excluding hydrogens is 282 g/mol. The van der Waals surface area contributed by atoms with Crippen LogP contribution in [0.25, 0.3) is 0 Å². The third-order valence-electron chi connectivity index (χ3n) is 3.60. The van der Waals surface area contributed by atoms with Crippen LogP contribution in [-0.2, 0) is 4.79 Å². The summed E-state index contributed by atoms with van der Waals surface area (Å²) in [6.45, 7) is 3.45. The van der Waals surface area contributed by atoms with Gasteiger partial charge in [-0.15, -0.1) is 0 Å². The van der Waals surface area contributed by atoms with Crippen molar-refractivity contribution in [2.24, 2.45) is 0 Å². The van der Waals surface area contributed by atoms with Crippen molar-refractivity contribution in [1.29, 1.82) is 0 Å². The zero-order valence-corrected chi connectivity index (χ0v) is 13.8. The van der Waals surface area contributed by atoms with Crippen molar-refractivity contribution >= 4 is 11.7 Å². The molecule has 0 atom stereocenters. The lowest BCUT2D eigenvalue weighted by Gasteiger charge is -2.26. The minimum Gasteiger partial charge on any atom is -0.497 e. The number of methoxy groups -OCH3 is 2. The topological polar surface area (TPSA) is 59.0 Å². The van der Waals surface area contributed by atoms with E-state index < -0.39 is 5.97 Å². The van der Waals surface area contributed by atoms with Gasteiger partial charge in [0.1, 0.15) is 11.5 Å². The Morgan fingerprint density at radius 1 is 1.14 bits per heavy atom. The molecule has 0 aliphatic rings. The highest BCUT2D eigenvalue weighted by atomic mass is 16.5. The van der Waals surface area contributed by atoms with Crippen LogP contribution in [0, 0.1) is 0 Å². The molecule has 1 aromatic rings. The predicted octanol–water partition coefficient (Wildman–Crippen LogP) is 3.57. The fourth-order valence-corrected chi connectivity index (χ4v) is 2.36. The van der Waals surface area contributed by atoms with Gasteiger partial charge in [-0.05, 0) is 18.6 Å². The summed E-state index contributed by atoms with van der Waals surface area (Å²) < 4.78 is 10.7. The lowest BCUT2D eigenvalue weighted by Crippen LogP contribution is -2.27. The predicted molar refractivity (Wildman–Crippen MR) is 88.2 cm³/mol. The Balaban J connectivity index is 2.89. The molecule has 0 radical (unpaired) electrons. The van der Waals surface area contributed by atoms with Crippen molar-refractivity contribution in [3.63, 3.8) is 0 Å². The van der Waals surface area contributed by atoms with Gasteiger partial charge in [-0.2, -0.15) is 0 Å². The molecule has 0 aliphatic heterocycles. The highest BCUT2D eigenvalue weighted by Gasteiger charge is 2.14. The molecule has 1 N–H and O–H groups in total. The van der Waals surface area contributed by atoms with Crippen molar-refractivity contribution in [3.05, 3.63) is 18.2 Å². The van der Waals surface area contributed by atoms with Gasteiger partial charge in [0.2, 0.25) is 0 Å². The fourth-order valence-electron chi connectivity index (χ4n) is 2.36. The van der Waals surface area contributed by atoms with E-state index in [0.717, 1.165) is 36.6 Å². The molecule has 0 aliphatic carbocycles. The van der Waals surface area contributed by atoms with Gasteiger partial charge < -0.3 is 19.5 Å². The molecule has 124 valence electrons. The van der Waals surface area contributed by atoms with Gasteiger partial charge in [0, 0.05) is 19.2 Å². The second-order valence-electron chi connectivity index (χ2n) is 5.23. The van der Waals surface area contributed by atoms with Gasteiger partial charge in [-0.1, -0.05) is 26.2 Å². The first kappa shape index (κ1) is 18.1. The van der Waals surface area contributed by atoms with E-state index in [4.69, 9.17) is 14.6 Å². The molecule has 1 aromatic carbocycles.